The molecule has 1 nitrogen and oxygen atoms in total. The van der Waals surface area contributed by atoms with Crippen LogP contribution in [0, 0.1) is 12.8 Å². The van der Waals surface area contributed by atoms with Gasteiger partial charge in [-0.15, -0.1) is 0 Å². The predicted octanol–water partition coefficient (Wildman–Crippen LogP) is 4.94. The van der Waals surface area contributed by atoms with Gasteiger partial charge in [0.1, 0.15) is 0 Å². The first-order chi connectivity index (χ1) is 10.4. The van der Waals surface area contributed by atoms with Crippen LogP contribution >= 0.6 is 0 Å². The quantitative estimate of drug-likeness (QED) is 0.829. The van der Waals surface area contributed by atoms with Gasteiger partial charge in [-0.1, -0.05) is 50.2 Å². The van der Waals surface area contributed by atoms with Crippen molar-refractivity contribution < 1.29 is 13.9 Å². The zero-order chi connectivity index (χ0) is 16.3. The van der Waals surface area contributed by atoms with Gasteiger partial charge in [0.2, 0.25) is 0 Å². The summed E-state index contributed by atoms with van der Waals surface area (Å²) in [7, 11) is 0. The second-order valence-corrected chi connectivity index (χ2v) is 5.98. The van der Waals surface area contributed by atoms with Crippen molar-refractivity contribution in [3.8, 4) is 11.1 Å². The lowest BCUT2D eigenvalue weighted by Gasteiger charge is -2.23. The number of rotatable bonds is 5. The lowest BCUT2D eigenvalue weighted by molar-refractivity contribution is -0.0518. The smallest absolute Gasteiger partial charge is 0.275 e. The van der Waals surface area contributed by atoms with Crippen LogP contribution in [-0.4, -0.2) is 11.7 Å². The topological polar surface area (TPSA) is 20.2 Å². The number of halogens is 2. The van der Waals surface area contributed by atoms with E-state index in [2.05, 4.69) is 0 Å². The van der Waals surface area contributed by atoms with Gasteiger partial charge in [0.15, 0.2) is 0 Å². The fourth-order valence-electron chi connectivity index (χ4n) is 2.46. The monoisotopic (exact) mass is 304 g/mol. The van der Waals surface area contributed by atoms with E-state index in [0.717, 1.165) is 16.7 Å². The molecule has 0 amide bonds. The van der Waals surface area contributed by atoms with Crippen molar-refractivity contribution in [3.63, 3.8) is 0 Å². The maximum Gasteiger partial charge on any atom is 0.275 e. The van der Waals surface area contributed by atoms with Crippen LogP contribution in [0.5, 0.6) is 0 Å². The van der Waals surface area contributed by atoms with Crippen LogP contribution in [0.2, 0.25) is 0 Å². The summed E-state index contributed by atoms with van der Waals surface area (Å²) in [5, 5.41) is 8.93. The molecule has 0 unspecified atom stereocenters. The van der Waals surface area contributed by atoms with E-state index in [1.54, 1.807) is 19.1 Å². The lowest BCUT2D eigenvalue weighted by Crippen LogP contribution is -2.22. The molecule has 0 saturated carbocycles. The fraction of sp³-hybridized carbons (Fsp3) is 0.368. The molecule has 0 radical (unpaired) electrons. The maximum absolute atomic E-state index is 14.4. The summed E-state index contributed by atoms with van der Waals surface area (Å²) in [6, 6.07) is 12.9. The summed E-state index contributed by atoms with van der Waals surface area (Å²) in [4.78, 5) is 0. The first-order valence-corrected chi connectivity index (χ1v) is 7.55. The summed E-state index contributed by atoms with van der Waals surface area (Å²) in [5.74, 6) is -3.58. The van der Waals surface area contributed by atoms with Crippen LogP contribution in [0.1, 0.15) is 30.5 Å². The summed E-state index contributed by atoms with van der Waals surface area (Å²) in [6.07, 6.45) is 0.602. The van der Waals surface area contributed by atoms with Crippen molar-refractivity contribution in [1.29, 1.82) is 0 Å². The van der Waals surface area contributed by atoms with Gasteiger partial charge >= 0.3 is 0 Å². The second kappa shape index (κ2) is 6.57. The van der Waals surface area contributed by atoms with Crippen LogP contribution in [0.3, 0.4) is 0 Å². The van der Waals surface area contributed by atoms with Gasteiger partial charge in [-0.3, -0.25) is 0 Å². The number of benzene rings is 2. The first kappa shape index (κ1) is 16.6. The molecular formula is C19H22F2O. The van der Waals surface area contributed by atoms with E-state index in [0.29, 0.717) is 12.0 Å². The molecule has 2 aromatic carbocycles. The Morgan fingerprint density at radius 3 is 2.14 bits per heavy atom. The first-order valence-electron chi connectivity index (χ1n) is 7.55. The van der Waals surface area contributed by atoms with Gasteiger partial charge < -0.3 is 5.11 Å². The molecule has 0 spiro atoms. The van der Waals surface area contributed by atoms with Gasteiger partial charge in [0, 0.05) is 18.1 Å². The Morgan fingerprint density at radius 2 is 1.59 bits per heavy atom. The Bertz CT molecular complexity index is 630. The van der Waals surface area contributed by atoms with Gasteiger partial charge in [0.25, 0.3) is 5.92 Å². The van der Waals surface area contributed by atoms with Gasteiger partial charge in [-0.2, -0.15) is 0 Å². The minimum Gasteiger partial charge on any atom is -0.396 e. The third kappa shape index (κ3) is 3.36. The maximum atomic E-state index is 14.4. The number of alkyl halides is 2. The lowest BCUT2D eigenvalue weighted by atomic mass is 9.91. The molecule has 0 fully saturated rings. The molecule has 0 aromatic heterocycles. The Labute approximate surface area is 130 Å². The largest absolute Gasteiger partial charge is 0.396 e. The van der Waals surface area contributed by atoms with E-state index in [1.165, 1.54) is 13.8 Å². The highest BCUT2D eigenvalue weighted by molar-refractivity contribution is 5.65. The normalized spacial score (nSPS) is 12.0. The van der Waals surface area contributed by atoms with E-state index in [9.17, 15) is 8.78 Å². The highest BCUT2D eigenvalue weighted by Crippen LogP contribution is 2.39. The molecule has 0 saturated heterocycles. The molecule has 0 aliphatic heterocycles. The molecule has 0 heterocycles. The molecule has 0 aliphatic rings. The van der Waals surface area contributed by atoms with Crippen molar-refractivity contribution in [2.75, 3.05) is 6.61 Å². The number of hydrogen-bond donors (Lipinski definition) is 1. The summed E-state index contributed by atoms with van der Waals surface area (Å²) in [6.45, 7) is 4.90. The van der Waals surface area contributed by atoms with Crippen LogP contribution < -0.4 is 0 Å². The minimum atomic E-state index is -2.84. The Morgan fingerprint density at radius 1 is 1.00 bits per heavy atom. The molecule has 118 valence electrons. The average Bonchev–Trinajstić information content (AvgIpc) is 2.48. The molecule has 0 aliphatic carbocycles. The van der Waals surface area contributed by atoms with Crippen molar-refractivity contribution in [3.05, 3.63) is 59.2 Å². The average molecular weight is 304 g/mol. The van der Waals surface area contributed by atoms with Gasteiger partial charge in [0.05, 0.1) is 0 Å². The Hall–Kier alpha value is -1.74. The molecule has 2 rings (SSSR count). The minimum absolute atomic E-state index is 0.0967. The highest BCUT2D eigenvalue weighted by Gasteiger charge is 2.36. The van der Waals surface area contributed by atoms with E-state index in [1.807, 2.05) is 30.3 Å². The van der Waals surface area contributed by atoms with Crippen molar-refractivity contribution in [2.24, 2.45) is 5.92 Å². The van der Waals surface area contributed by atoms with Crippen LogP contribution in [-0.2, 0) is 12.3 Å². The van der Waals surface area contributed by atoms with Gasteiger partial charge in [-0.25, -0.2) is 8.78 Å². The van der Waals surface area contributed by atoms with Gasteiger partial charge in [-0.05, 0) is 41.7 Å². The zero-order valence-corrected chi connectivity index (χ0v) is 13.2. The highest BCUT2D eigenvalue weighted by atomic mass is 19.3. The predicted molar refractivity (Wildman–Crippen MR) is 86.1 cm³/mol. The van der Waals surface area contributed by atoms with Crippen molar-refractivity contribution in [1.82, 2.24) is 0 Å². The molecule has 0 atom stereocenters. The number of aliphatic hydroxyl groups is 1. The van der Waals surface area contributed by atoms with Crippen LogP contribution in [0.4, 0.5) is 8.78 Å². The number of aliphatic hydroxyl groups excluding tert-OH is 1. The molecular weight excluding hydrogens is 282 g/mol. The third-order valence-electron chi connectivity index (χ3n) is 4.01. The molecule has 2 aromatic rings. The number of hydrogen-bond acceptors (Lipinski definition) is 1. The zero-order valence-electron chi connectivity index (χ0n) is 13.2. The Balaban J connectivity index is 2.41. The van der Waals surface area contributed by atoms with Crippen molar-refractivity contribution in [2.45, 2.75) is 33.1 Å². The molecule has 3 heteroatoms. The third-order valence-corrected chi connectivity index (χ3v) is 4.01. The SMILES string of the molecule is Cc1ccc(-c2ccc(CCO)cc2)cc1C(F)(F)C(C)C. The molecule has 1 N–H and O–H groups in total. The summed E-state index contributed by atoms with van der Waals surface area (Å²) >= 11 is 0. The summed E-state index contributed by atoms with van der Waals surface area (Å²) < 4.78 is 28.7. The van der Waals surface area contributed by atoms with E-state index in [-0.39, 0.29) is 12.2 Å². The van der Waals surface area contributed by atoms with E-state index < -0.39 is 11.8 Å². The van der Waals surface area contributed by atoms with Crippen LogP contribution in [0.15, 0.2) is 42.5 Å². The number of aryl methyl sites for hydroxylation is 1. The molecule has 22 heavy (non-hydrogen) atoms. The second-order valence-electron chi connectivity index (χ2n) is 5.98. The summed E-state index contributed by atoms with van der Waals surface area (Å²) in [5.41, 5.74) is 3.43. The standard InChI is InChI=1S/C19H22F2O/c1-13(2)19(20,21)18-12-17(7-4-14(18)3)16-8-5-15(6-9-16)10-11-22/h4-9,12-13,22H,10-11H2,1-3H3. The molecule has 0 bridgehead atoms. The van der Waals surface area contributed by atoms with E-state index >= 15 is 0 Å². The fourth-order valence-corrected chi connectivity index (χ4v) is 2.46. The van der Waals surface area contributed by atoms with Crippen LogP contribution in [0.25, 0.3) is 11.1 Å². The van der Waals surface area contributed by atoms with Crippen molar-refractivity contribution >= 4 is 0 Å². The van der Waals surface area contributed by atoms with E-state index in [4.69, 9.17) is 5.11 Å². The Kier molecular flexibility index (Phi) is 4.97.